The fourth-order valence-electron chi connectivity index (χ4n) is 0.948. The molecule has 0 spiro atoms. The number of anilines is 1. The first kappa shape index (κ1) is 12.7. The quantitative estimate of drug-likeness (QED) is 0.834. The van der Waals surface area contributed by atoms with Crippen LogP contribution in [0.2, 0.25) is 0 Å². The monoisotopic (exact) mass is 234 g/mol. The Morgan fingerprint density at radius 2 is 1.88 bits per heavy atom. The predicted octanol–water partition coefficient (Wildman–Crippen LogP) is 1.64. The first-order chi connectivity index (χ1) is 7.24. The van der Waals surface area contributed by atoms with E-state index in [1.54, 1.807) is 0 Å². The van der Waals surface area contributed by atoms with Crippen molar-refractivity contribution in [2.24, 2.45) is 5.73 Å². The zero-order chi connectivity index (χ0) is 12.4. The van der Waals surface area contributed by atoms with E-state index in [-0.39, 0.29) is 5.82 Å². The van der Waals surface area contributed by atoms with Crippen LogP contribution in [0.1, 0.15) is 19.5 Å². The highest BCUT2D eigenvalue weighted by Gasteiger charge is 2.33. The third kappa shape index (κ3) is 3.34. The Balaban J connectivity index is 2.80. The number of hydrogen-bond acceptors (Lipinski definition) is 4. The molecule has 0 bridgehead atoms. The molecule has 0 aliphatic rings. The number of nitrogens with zero attached hydrogens (tertiary/aromatic N) is 2. The van der Waals surface area contributed by atoms with Crippen molar-refractivity contribution in [3.63, 3.8) is 0 Å². The maximum atomic E-state index is 12.2. The highest BCUT2D eigenvalue weighted by molar-refractivity contribution is 5.36. The number of rotatable bonds is 3. The van der Waals surface area contributed by atoms with Crippen molar-refractivity contribution >= 4 is 5.82 Å². The highest BCUT2D eigenvalue weighted by atomic mass is 19.4. The van der Waals surface area contributed by atoms with Gasteiger partial charge in [-0.05, 0) is 26.0 Å². The third-order valence-corrected chi connectivity index (χ3v) is 1.93. The summed E-state index contributed by atoms with van der Waals surface area (Å²) in [5.41, 5.74) is 4.02. The molecule has 1 rings (SSSR count). The summed E-state index contributed by atoms with van der Waals surface area (Å²) in [5, 5.41) is 9.41. The van der Waals surface area contributed by atoms with E-state index < -0.39 is 17.4 Å². The van der Waals surface area contributed by atoms with Gasteiger partial charge in [-0.25, -0.2) is 0 Å². The fraction of sp³-hybridized carbons (Fsp3) is 0.556. The fourth-order valence-corrected chi connectivity index (χ4v) is 0.948. The van der Waals surface area contributed by atoms with Gasteiger partial charge >= 0.3 is 6.18 Å². The van der Waals surface area contributed by atoms with Crippen LogP contribution in [0, 0.1) is 0 Å². The van der Waals surface area contributed by atoms with E-state index in [1.165, 1.54) is 6.07 Å². The van der Waals surface area contributed by atoms with Crippen molar-refractivity contribution in [3.8, 4) is 0 Å². The van der Waals surface area contributed by atoms with Gasteiger partial charge in [-0.2, -0.15) is 13.2 Å². The molecule has 0 unspecified atom stereocenters. The van der Waals surface area contributed by atoms with Crippen LogP contribution in [0.5, 0.6) is 0 Å². The second kappa shape index (κ2) is 4.25. The molecule has 0 saturated carbocycles. The van der Waals surface area contributed by atoms with Crippen LogP contribution in [0.3, 0.4) is 0 Å². The van der Waals surface area contributed by atoms with Crippen molar-refractivity contribution in [1.29, 1.82) is 0 Å². The molecule has 3 N–H and O–H groups in total. The topological polar surface area (TPSA) is 63.8 Å². The van der Waals surface area contributed by atoms with Crippen LogP contribution < -0.4 is 11.1 Å². The molecule has 1 heterocycles. The molecule has 0 aliphatic heterocycles. The van der Waals surface area contributed by atoms with Gasteiger partial charge in [0.25, 0.3) is 0 Å². The largest absolute Gasteiger partial charge is 0.435 e. The summed E-state index contributed by atoms with van der Waals surface area (Å²) in [6, 6.07) is 2.11. The summed E-state index contributed by atoms with van der Waals surface area (Å²) in [5.74, 6) is 0.267. The number of nitrogens with two attached hydrogens (primary N) is 1. The minimum Gasteiger partial charge on any atom is -0.362 e. The number of aromatic nitrogens is 2. The Labute approximate surface area is 91.1 Å². The van der Waals surface area contributed by atoms with Gasteiger partial charge in [0.2, 0.25) is 0 Å². The summed E-state index contributed by atoms with van der Waals surface area (Å²) in [7, 11) is 0. The normalized spacial score (nSPS) is 12.6. The van der Waals surface area contributed by atoms with Crippen LogP contribution in [-0.2, 0) is 6.18 Å². The Morgan fingerprint density at radius 3 is 2.25 bits per heavy atom. The van der Waals surface area contributed by atoms with Crippen LogP contribution in [0.15, 0.2) is 12.1 Å². The average Bonchev–Trinajstić information content (AvgIpc) is 2.16. The standard InChI is InChI=1S/C9H13F3N4/c1-8(2,5-13)14-7-4-3-6(15-16-7)9(10,11)12/h3-4H,5,13H2,1-2H3,(H,14,16). The van der Waals surface area contributed by atoms with Crippen LogP contribution in [0.25, 0.3) is 0 Å². The van der Waals surface area contributed by atoms with Gasteiger partial charge in [0.1, 0.15) is 5.82 Å². The minimum atomic E-state index is -4.46. The first-order valence-corrected chi connectivity index (χ1v) is 4.64. The van der Waals surface area contributed by atoms with Crippen molar-refractivity contribution < 1.29 is 13.2 Å². The highest BCUT2D eigenvalue weighted by Crippen LogP contribution is 2.27. The second-order valence-corrected chi connectivity index (χ2v) is 4.01. The molecule has 0 amide bonds. The van der Waals surface area contributed by atoms with E-state index in [9.17, 15) is 13.2 Å². The average molecular weight is 234 g/mol. The number of halogens is 3. The molecule has 7 heteroatoms. The van der Waals surface area contributed by atoms with E-state index in [1.807, 2.05) is 13.8 Å². The summed E-state index contributed by atoms with van der Waals surface area (Å²) in [4.78, 5) is 0. The van der Waals surface area contributed by atoms with Gasteiger partial charge in [-0.1, -0.05) is 0 Å². The van der Waals surface area contributed by atoms with Crippen molar-refractivity contribution in [1.82, 2.24) is 10.2 Å². The molecule has 4 nitrogen and oxygen atoms in total. The molecule has 0 fully saturated rings. The van der Waals surface area contributed by atoms with E-state index >= 15 is 0 Å². The van der Waals surface area contributed by atoms with Gasteiger partial charge < -0.3 is 11.1 Å². The van der Waals surface area contributed by atoms with E-state index in [2.05, 4.69) is 15.5 Å². The van der Waals surface area contributed by atoms with E-state index in [4.69, 9.17) is 5.73 Å². The Bertz CT molecular complexity index is 345. The zero-order valence-electron chi connectivity index (χ0n) is 8.97. The molecule has 16 heavy (non-hydrogen) atoms. The molecule has 0 radical (unpaired) electrons. The maximum absolute atomic E-state index is 12.2. The third-order valence-electron chi connectivity index (χ3n) is 1.93. The van der Waals surface area contributed by atoms with Gasteiger partial charge in [-0.3, -0.25) is 0 Å². The smallest absolute Gasteiger partial charge is 0.362 e. The van der Waals surface area contributed by atoms with Crippen molar-refractivity contribution in [2.75, 3.05) is 11.9 Å². The summed E-state index contributed by atoms with van der Waals surface area (Å²) in [6.07, 6.45) is -4.46. The molecule has 90 valence electrons. The van der Waals surface area contributed by atoms with Crippen molar-refractivity contribution in [2.45, 2.75) is 25.6 Å². The lowest BCUT2D eigenvalue weighted by molar-refractivity contribution is -0.141. The molecule has 0 aromatic carbocycles. The molecule has 1 aromatic rings. The molecule has 1 aromatic heterocycles. The predicted molar refractivity (Wildman–Crippen MR) is 53.8 cm³/mol. The number of alkyl halides is 3. The Kier molecular flexibility index (Phi) is 3.37. The van der Waals surface area contributed by atoms with Gasteiger partial charge in [0.15, 0.2) is 5.69 Å². The summed E-state index contributed by atoms with van der Waals surface area (Å²) in [6.45, 7) is 3.95. The van der Waals surface area contributed by atoms with Crippen LogP contribution >= 0.6 is 0 Å². The number of hydrogen-bond donors (Lipinski definition) is 2. The molecule has 0 aliphatic carbocycles. The van der Waals surface area contributed by atoms with E-state index in [0.29, 0.717) is 6.54 Å². The zero-order valence-corrected chi connectivity index (χ0v) is 8.97. The maximum Gasteiger partial charge on any atom is 0.435 e. The molecule has 0 atom stereocenters. The Hall–Kier alpha value is -1.37. The van der Waals surface area contributed by atoms with Gasteiger partial charge in [0.05, 0.1) is 0 Å². The van der Waals surface area contributed by atoms with Crippen LogP contribution in [-0.4, -0.2) is 22.3 Å². The minimum absolute atomic E-state index is 0.267. The summed E-state index contributed by atoms with van der Waals surface area (Å²) < 4.78 is 36.5. The lowest BCUT2D eigenvalue weighted by Gasteiger charge is -2.24. The lowest BCUT2D eigenvalue weighted by Crippen LogP contribution is -2.39. The summed E-state index contributed by atoms with van der Waals surface area (Å²) >= 11 is 0. The van der Waals surface area contributed by atoms with Crippen molar-refractivity contribution in [3.05, 3.63) is 17.8 Å². The second-order valence-electron chi connectivity index (χ2n) is 4.01. The Morgan fingerprint density at radius 1 is 1.25 bits per heavy atom. The molecular weight excluding hydrogens is 221 g/mol. The number of nitrogens with one attached hydrogen (secondary N) is 1. The van der Waals surface area contributed by atoms with E-state index in [0.717, 1.165) is 6.07 Å². The van der Waals surface area contributed by atoms with Gasteiger partial charge in [0, 0.05) is 12.1 Å². The molecule has 0 saturated heterocycles. The van der Waals surface area contributed by atoms with Gasteiger partial charge in [-0.15, -0.1) is 10.2 Å². The first-order valence-electron chi connectivity index (χ1n) is 4.64. The molecular formula is C9H13F3N4. The SMILES string of the molecule is CC(C)(CN)Nc1ccc(C(F)(F)F)nn1. The lowest BCUT2D eigenvalue weighted by atomic mass is 10.1. The van der Waals surface area contributed by atoms with Crippen LogP contribution in [0.4, 0.5) is 19.0 Å².